The number of hydrogen-bond donors (Lipinski definition) is 1. The van der Waals surface area contributed by atoms with Crippen LogP contribution in [0, 0.1) is 13.8 Å². The zero-order chi connectivity index (χ0) is 25.0. The molecule has 1 aromatic heterocycles. The van der Waals surface area contributed by atoms with Crippen LogP contribution in [-0.4, -0.2) is 14.9 Å². The number of benzene rings is 4. The van der Waals surface area contributed by atoms with Crippen molar-refractivity contribution in [3.8, 4) is 5.69 Å². The van der Waals surface area contributed by atoms with E-state index in [-0.39, 0.29) is 5.76 Å². The van der Waals surface area contributed by atoms with Crippen molar-refractivity contribution in [2.45, 2.75) is 13.8 Å². The SMILES string of the molecule is Cc1cc(C)n(-c2ccccc2N=P(/C=C(\O)c2ccccc2)(c2ccccc2)c2ccccc2)n1. The fourth-order valence-corrected chi connectivity index (χ4v) is 7.53. The van der Waals surface area contributed by atoms with Gasteiger partial charge in [-0.05, 0) is 32.0 Å². The van der Waals surface area contributed by atoms with E-state index in [1.165, 1.54) is 0 Å². The number of nitrogens with zero attached hydrogens (tertiary/aromatic N) is 3. The summed E-state index contributed by atoms with van der Waals surface area (Å²) in [6.45, 7) is 4.05. The minimum absolute atomic E-state index is 0.212. The first kappa shape index (κ1) is 23.6. The summed E-state index contributed by atoms with van der Waals surface area (Å²) in [6, 6.07) is 40.3. The lowest BCUT2D eigenvalue weighted by atomic mass is 10.2. The maximum atomic E-state index is 11.4. The van der Waals surface area contributed by atoms with Crippen molar-refractivity contribution in [1.82, 2.24) is 9.78 Å². The first-order valence-electron chi connectivity index (χ1n) is 11.9. The van der Waals surface area contributed by atoms with Gasteiger partial charge in [0.25, 0.3) is 0 Å². The van der Waals surface area contributed by atoms with Gasteiger partial charge in [-0.2, -0.15) is 5.10 Å². The highest BCUT2D eigenvalue weighted by molar-refractivity contribution is 7.83. The van der Waals surface area contributed by atoms with Gasteiger partial charge in [-0.3, -0.25) is 4.74 Å². The lowest BCUT2D eigenvalue weighted by molar-refractivity contribution is 0.513. The first-order valence-corrected chi connectivity index (χ1v) is 13.7. The fourth-order valence-electron chi connectivity index (χ4n) is 4.38. The van der Waals surface area contributed by atoms with Gasteiger partial charge in [0.2, 0.25) is 0 Å². The molecule has 0 fully saturated rings. The molecule has 0 aliphatic rings. The van der Waals surface area contributed by atoms with Gasteiger partial charge < -0.3 is 5.11 Å². The summed E-state index contributed by atoms with van der Waals surface area (Å²) in [5, 5.41) is 18.2. The van der Waals surface area contributed by atoms with Crippen LogP contribution >= 0.6 is 7.05 Å². The summed E-state index contributed by atoms with van der Waals surface area (Å²) in [5.41, 5.74) is 4.49. The van der Waals surface area contributed by atoms with Gasteiger partial charge in [0.05, 0.1) is 24.1 Å². The quantitative estimate of drug-likeness (QED) is 0.198. The number of aryl methyl sites for hydroxylation is 2. The fraction of sp³-hybridized carbons (Fsp3) is 0.0645. The van der Waals surface area contributed by atoms with Crippen LogP contribution in [0.5, 0.6) is 0 Å². The molecule has 0 bridgehead atoms. The van der Waals surface area contributed by atoms with Gasteiger partial charge >= 0.3 is 0 Å². The standard InChI is InChI=1S/C31H28N3OP/c1-24-22-25(2)34(32-24)30-21-13-12-20-29(30)33-36(27-16-8-4-9-17-27,28-18-10-5-11-19-28)23-31(35)26-14-6-3-7-15-26/h3-23,35H,1-2H3/b31-23-. The van der Waals surface area contributed by atoms with E-state index >= 15 is 0 Å². The van der Waals surface area contributed by atoms with E-state index in [1.54, 1.807) is 0 Å². The topological polar surface area (TPSA) is 50.4 Å². The molecule has 4 nitrogen and oxygen atoms in total. The Morgan fingerprint density at radius 3 is 1.83 bits per heavy atom. The molecular formula is C31H28N3OP. The zero-order valence-electron chi connectivity index (χ0n) is 20.4. The second kappa shape index (κ2) is 10.2. The Hall–Kier alpha value is -4.14. The van der Waals surface area contributed by atoms with Crippen molar-refractivity contribution in [1.29, 1.82) is 0 Å². The smallest absolute Gasteiger partial charge is 0.125 e. The molecule has 1 N–H and O–H groups in total. The van der Waals surface area contributed by atoms with Crippen LogP contribution in [0.2, 0.25) is 0 Å². The summed E-state index contributed by atoms with van der Waals surface area (Å²) in [7, 11) is -2.63. The Balaban J connectivity index is 1.87. The Labute approximate surface area is 212 Å². The van der Waals surface area contributed by atoms with Gasteiger partial charge in [0.1, 0.15) is 5.76 Å². The average molecular weight is 490 g/mol. The predicted molar refractivity (Wildman–Crippen MR) is 151 cm³/mol. The van der Waals surface area contributed by atoms with Crippen molar-refractivity contribution >= 4 is 29.1 Å². The molecule has 5 heteroatoms. The number of aromatic nitrogens is 2. The van der Waals surface area contributed by atoms with Crippen LogP contribution in [0.4, 0.5) is 5.69 Å². The van der Waals surface area contributed by atoms with E-state index in [9.17, 15) is 5.11 Å². The molecule has 0 aliphatic carbocycles. The van der Waals surface area contributed by atoms with Crippen LogP contribution < -0.4 is 10.6 Å². The number of rotatable bonds is 6. The van der Waals surface area contributed by atoms with E-state index in [4.69, 9.17) is 9.84 Å². The Bertz CT molecular complexity index is 1510. The van der Waals surface area contributed by atoms with Gasteiger partial charge in [0.15, 0.2) is 0 Å². The minimum atomic E-state index is -2.63. The Morgan fingerprint density at radius 2 is 1.28 bits per heavy atom. The van der Waals surface area contributed by atoms with Crippen LogP contribution in [0.15, 0.2) is 132 Å². The third-order valence-corrected chi connectivity index (χ3v) is 9.38. The zero-order valence-corrected chi connectivity index (χ0v) is 21.3. The number of aliphatic hydroxyl groups is 1. The average Bonchev–Trinajstić information content (AvgIpc) is 3.27. The van der Waals surface area contributed by atoms with Crippen molar-refractivity contribution in [2.24, 2.45) is 4.74 Å². The minimum Gasteiger partial charge on any atom is -0.507 e. The van der Waals surface area contributed by atoms with Crippen molar-refractivity contribution in [3.63, 3.8) is 0 Å². The molecule has 5 rings (SSSR count). The van der Waals surface area contributed by atoms with Crippen LogP contribution in [0.3, 0.4) is 0 Å². The molecule has 0 amide bonds. The van der Waals surface area contributed by atoms with Gasteiger partial charge in [-0.1, -0.05) is 103 Å². The largest absolute Gasteiger partial charge is 0.507 e. The summed E-state index contributed by atoms with van der Waals surface area (Å²) in [5.74, 6) is 2.18. The summed E-state index contributed by atoms with van der Waals surface area (Å²) >= 11 is 0. The van der Waals surface area contributed by atoms with Crippen molar-refractivity contribution in [2.75, 3.05) is 0 Å². The van der Waals surface area contributed by atoms with Crippen LogP contribution in [0.25, 0.3) is 11.4 Å². The lowest BCUT2D eigenvalue weighted by Gasteiger charge is -2.24. The monoisotopic (exact) mass is 489 g/mol. The molecule has 36 heavy (non-hydrogen) atoms. The second-order valence-electron chi connectivity index (χ2n) is 8.66. The molecule has 0 spiro atoms. The highest BCUT2D eigenvalue weighted by atomic mass is 31.2. The van der Waals surface area contributed by atoms with Gasteiger partial charge in [-0.25, -0.2) is 4.68 Å². The Morgan fingerprint density at radius 1 is 0.750 bits per heavy atom. The molecule has 178 valence electrons. The summed E-state index contributed by atoms with van der Waals surface area (Å²) in [4.78, 5) is 0. The van der Waals surface area contributed by atoms with E-state index in [0.29, 0.717) is 0 Å². The van der Waals surface area contributed by atoms with Gasteiger partial charge in [-0.15, -0.1) is 0 Å². The molecule has 0 saturated heterocycles. The second-order valence-corrected chi connectivity index (χ2v) is 11.5. The predicted octanol–water partition coefficient (Wildman–Crippen LogP) is 7.53. The van der Waals surface area contributed by atoms with Crippen LogP contribution in [0.1, 0.15) is 17.0 Å². The number of para-hydroxylation sites is 1. The molecule has 4 aromatic carbocycles. The molecule has 5 aromatic rings. The lowest BCUT2D eigenvalue weighted by Crippen LogP contribution is -2.15. The molecule has 0 unspecified atom stereocenters. The van der Waals surface area contributed by atoms with E-state index in [2.05, 4.69) is 37.3 Å². The highest BCUT2D eigenvalue weighted by Gasteiger charge is 2.25. The summed E-state index contributed by atoms with van der Waals surface area (Å²) in [6.07, 6.45) is 0. The first-order chi connectivity index (χ1) is 17.6. The Kier molecular flexibility index (Phi) is 6.71. The maximum absolute atomic E-state index is 11.4. The number of hydrogen-bond acceptors (Lipinski definition) is 3. The third kappa shape index (κ3) is 4.68. The van der Waals surface area contributed by atoms with E-state index < -0.39 is 7.05 Å². The normalized spacial score (nSPS) is 11.9. The third-order valence-electron chi connectivity index (χ3n) is 6.06. The summed E-state index contributed by atoms with van der Waals surface area (Å²) < 4.78 is 7.48. The molecule has 0 aliphatic heterocycles. The molecule has 0 atom stereocenters. The molecule has 0 saturated carbocycles. The van der Waals surface area contributed by atoms with E-state index in [1.807, 2.05) is 108 Å². The van der Waals surface area contributed by atoms with Crippen LogP contribution in [-0.2, 0) is 0 Å². The maximum Gasteiger partial charge on any atom is 0.125 e. The highest BCUT2D eigenvalue weighted by Crippen LogP contribution is 2.53. The molecular weight excluding hydrogens is 461 g/mol. The van der Waals surface area contributed by atoms with Gasteiger partial charge in [0, 0.05) is 27.7 Å². The van der Waals surface area contributed by atoms with Crippen molar-refractivity contribution in [3.05, 3.63) is 144 Å². The molecule has 0 radical (unpaired) electrons. The van der Waals surface area contributed by atoms with E-state index in [0.717, 1.165) is 38.9 Å². The molecule has 1 heterocycles. The van der Waals surface area contributed by atoms with Crippen molar-refractivity contribution < 1.29 is 5.11 Å². The number of aliphatic hydroxyl groups excluding tert-OH is 1.